The van der Waals surface area contributed by atoms with Crippen LogP contribution in [0.15, 0.2) is 48.5 Å². The molecule has 1 amide bonds. The summed E-state index contributed by atoms with van der Waals surface area (Å²) in [6, 6.07) is 15.2. The van der Waals surface area contributed by atoms with Crippen LogP contribution in [0.1, 0.15) is 44.6 Å². The van der Waals surface area contributed by atoms with Crippen LogP contribution in [0.3, 0.4) is 0 Å². The van der Waals surface area contributed by atoms with Crippen molar-refractivity contribution in [3.8, 4) is 5.75 Å². The number of carbonyl (C=O) groups excluding carboxylic acids is 1. The molecular formula is C23H28ClNO3. The first-order chi connectivity index (χ1) is 13.6. The second kappa shape index (κ2) is 9.94. The molecule has 4 nitrogen and oxygen atoms in total. The maximum absolute atomic E-state index is 13.3. The van der Waals surface area contributed by atoms with Gasteiger partial charge < -0.3 is 14.8 Å². The number of halogens is 1. The minimum Gasteiger partial charge on any atom is -0.491 e. The molecule has 2 aromatic carbocycles. The summed E-state index contributed by atoms with van der Waals surface area (Å²) in [7, 11) is 0. The van der Waals surface area contributed by atoms with Gasteiger partial charge in [-0.1, -0.05) is 43.0 Å². The summed E-state index contributed by atoms with van der Waals surface area (Å²) in [6.07, 6.45) is 5.01. The van der Waals surface area contributed by atoms with Crippen LogP contribution in [0.4, 0.5) is 5.69 Å². The van der Waals surface area contributed by atoms with Gasteiger partial charge in [0.2, 0.25) is 5.91 Å². The number of hydrogen-bond acceptors (Lipinski definition) is 3. The molecule has 1 aliphatic rings. The molecule has 1 saturated carbocycles. The third-order valence-corrected chi connectivity index (χ3v) is 5.60. The molecule has 150 valence electrons. The summed E-state index contributed by atoms with van der Waals surface area (Å²) < 4.78 is 10.9. The number of benzene rings is 2. The average molecular weight is 402 g/mol. The van der Waals surface area contributed by atoms with E-state index in [-0.39, 0.29) is 5.91 Å². The third-order valence-electron chi connectivity index (χ3n) is 5.35. The number of rotatable bonds is 8. The van der Waals surface area contributed by atoms with Crippen LogP contribution in [-0.4, -0.2) is 25.7 Å². The Morgan fingerprint density at radius 3 is 2.32 bits per heavy atom. The average Bonchev–Trinajstić information content (AvgIpc) is 2.73. The monoisotopic (exact) mass is 401 g/mol. The SMILES string of the molecule is CCOCCOc1ccc(NC(=O)C2(c3ccc(Cl)cc3)CCCCC2)cc1. The van der Waals surface area contributed by atoms with Crippen LogP contribution in [-0.2, 0) is 14.9 Å². The van der Waals surface area contributed by atoms with Crippen molar-refractivity contribution < 1.29 is 14.3 Å². The van der Waals surface area contributed by atoms with E-state index in [1.807, 2.05) is 55.5 Å². The summed E-state index contributed by atoms with van der Waals surface area (Å²) in [4.78, 5) is 13.3. The molecule has 5 heteroatoms. The van der Waals surface area contributed by atoms with Gasteiger partial charge in [0.15, 0.2) is 0 Å². The molecule has 28 heavy (non-hydrogen) atoms. The summed E-state index contributed by atoms with van der Waals surface area (Å²) >= 11 is 6.05. The molecule has 1 N–H and O–H groups in total. The van der Waals surface area contributed by atoms with Gasteiger partial charge in [-0.25, -0.2) is 0 Å². The second-order valence-electron chi connectivity index (χ2n) is 7.17. The van der Waals surface area contributed by atoms with Crippen molar-refractivity contribution in [2.45, 2.75) is 44.4 Å². The van der Waals surface area contributed by atoms with Crippen molar-refractivity contribution in [3.05, 3.63) is 59.1 Å². The van der Waals surface area contributed by atoms with E-state index in [0.29, 0.717) is 24.8 Å². The van der Waals surface area contributed by atoms with Gasteiger partial charge in [0.1, 0.15) is 12.4 Å². The number of carbonyl (C=O) groups is 1. The van der Waals surface area contributed by atoms with Crippen molar-refractivity contribution in [1.29, 1.82) is 0 Å². The van der Waals surface area contributed by atoms with Crippen molar-refractivity contribution in [3.63, 3.8) is 0 Å². The number of hydrogen-bond donors (Lipinski definition) is 1. The van der Waals surface area contributed by atoms with Gasteiger partial charge in [0.05, 0.1) is 12.0 Å². The fourth-order valence-corrected chi connectivity index (χ4v) is 3.95. The highest BCUT2D eigenvalue weighted by atomic mass is 35.5. The molecule has 1 aliphatic carbocycles. The standard InChI is InChI=1S/C23H28ClNO3/c1-2-27-16-17-28-21-12-10-20(11-13-21)25-22(26)23(14-4-3-5-15-23)18-6-8-19(24)9-7-18/h6-13H,2-5,14-17H2,1H3,(H,25,26). The Bertz CT molecular complexity index is 752. The minimum atomic E-state index is -0.491. The van der Waals surface area contributed by atoms with Crippen molar-refractivity contribution in [2.24, 2.45) is 0 Å². The number of amides is 1. The normalized spacial score (nSPS) is 15.8. The fourth-order valence-electron chi connectivity index (χ4n) is 3.82. The van der Waals surface area contributed by atoms with E-state index in [0.717, 1.165) is 42.7 Å². The van der Waals surface area contributed by atoms with Gasteiger partial charge >= 0.3 is 0 Å². The highest BCUT2D eigenvalue weighted by Crippen LogP contribution is 2.41. The molecule has 2 aromatic rings. The molecule has 0 saturated heterocycles. The molecule has 0 unspecified atom stereocenters. The molecule has 0 spiro atoms. The first-order valence-corrected chi connectivity index (χ1v) is 10.4. The lowest BCUT2D eigenvalue weighted by Gasteiger charge is -2.36. The molecular weight excluding hydrogens is 374 g/mol. The van der Waals surface area contributed by atoms with Gasteiger partial charge in [-0.3, -0.25) is 4.79 Å². The van der Waals surface area contributed by atoms with Crippen LogP contribution in [0.5, 0.6) is 5.75 Å². The zero-order valence-corrected chi connectivity index (χ0v) is 17.1. The van der Waals surface area contributed by atoms with Gasteiger partial charge in [0.25, 0.3) is 0 Å². The Morgan fingerprint density at radius 1 is 1.00 bits per heavy atom. The van der Waals surface area contributed by atoms with Crippen LogP contribution >= 0.6 is 11.6 Å². The quantitative estimate of drug-likeness (QED) is 0.586. The van der Waals surface area contributed by atoms with Crippen LogP contribution < -0.4 is 10.1 Å². The zero-order valence-electron chi connectivity index (χ0n) is 16.4. The van der Waals surface area contributed by atoms with E-state index in [9.17, 15) is 4.79 Å². The van der Waals surface area contributed by atoms with Crippen LogP contribution in [0.25, 0.3) is 0 Å². The van der Waals surface area contributed by atoms with E-state index in [1.54, 1.807) is 0 Å². The Kier molecular flexibility index (Phi) is 7.35. The first-order valence-electron chi connectivity index (χ1n) is 10.0. The Balaban J connectivity index is 1.69. The van der Waals surface area contributed by atoms with E-state index in [1.165, 1.54) is 6.42 Å². The number of anilines is 1. The largest absolute Gasteiger partial charge is 0.491 e. The number of ether oxygens (including phenoxy) is 2. The van der Waals surface area contributed by atoms with Gasteiger partial charge in [-0.15, -0.1) is 0 Å². The second-order valence-corrected chi connectivity index (χ2v) is 7.61. The predicted molar refractivity (Wildman–Crippen MR) is 113 cm³/mol. The lowest BCUT2D eigenvalue weighted by atomic mass is 9.68. The molecule has 3 rings (SSSR count). The first kappa shape index (κ1) is 20.7. The highest BCUT2D eigenvalue weighted by molar-refractivity contribution is 6.30. The molecule has 0 atom stereocenters. The fraction of sp³-hybridized carbons (Fsp3) is 0.435. The van der Waals surface area contributed by atoms with E-state index in [2.05, 4.69) is 5.32 Å². The van der Waals surface area contributed by atoms with Crippen molar-refractivity contribution in [1.82, 2.24) is 0 Å². The molecule has 0 aliphatic heterocycles. The van der Waals surface area contributed by atoms with Crippen LogP contribution in [0.2, 0.25) is 5.02 Å². The maximum atomic E-state index is 13.3. The molecule has 0 heterocycles. The summed E-state index contributed by atoms with van der Waals surface area (Å²) in [5, 5.41) is 3.81. The van der Waals surface area contributed by atoms with Crippen LogP contribution in [0, 0.1) is 0 Å². The Morgan fingerprint density at radius 2 is 1.68 bits per heavy atom. The maximum Gasteiger partial charge on any atom is 0.235 e. The van der Waals surface area contributed by atoms with E-state index in [4.69, 9.17) is 21.1 Å². The van der Waals surface area contributed by atoms with Gasteiger partial charge in [-0.05, 0) is 61.7 Å². The third kappa shape index (κ3) is 5.06. The van der Waals surface area contributed by atoms with Gasteiger partial charge in [0, 0.05) is 17.3 Å². The highest BCUT2D eigenvalue weighted by Gasteiger charge is 2.41. The topological polar surface area (TPSA) is 47.6 Å². The molecule has 0 bridgehead atoms. The lowest BCUT2D eigenvalue weighted by Crippen LogP contribution is -2.42. The molecule has 0 aromatic heterocycles. The van der Waals surface area contributed by atoms with Crippen molar-refractivity contribution in [2.75, 3.05) is 25.1 Å². The number of nitrogens with one attached hydrogen (secondary N) is 1. The zero-order chi connectivity index (χ0) is 19.8. The lowest BCUT2D eigenvalue weighted by molar-refractivity contribution is -0.122. The smallest absolute Gasteiger partial charge is 0.235 e. The van der Waals surface area contributed by atoms with E-state index >= 15 is 0 Å². The summed E-state index contributed by atoms with van der Waals surface area (Å²) in [6.45, 7) is 3.72. The molecule has 1 fully saturated rings. The summed E-state index contributed by atoms with van der Waals surface area (Å²) in [5.74, 6) is 0.822. The van der Waals surface area contributed by atoms with Gasteiger partial charge in [-0.2, -0.15) is 0 Å². The summed E-state index contributed by atoms with van der Waals surface area (Å²) in [5.41, 5.74) is 1.33. The predicted octanol–water partition coefficient (Wildman–Crippen LogP) is 5.60. The Hall–Kier alpha value is -2.04. The van der Waals surface area contributed by atoms with E-state index < -0.39 is 5.41 Å². The van der Waals surface area contributed by atoms with Crippen molar-refractivity contribution >= 4 is 23.2 Å². The Labute approximate surface area is 172 Å². The minimum absolute atomic E-state index is 0.0551. The molecule has 0 radical (unpaired) electrons.